The minimum Gasteiger partial charge on any atom is -0.467 e. The summed E-state index contributed by atoms with van der Waals surface area (Å²) in [5, 5.41) is 6.21. The summed E-state index contributed by atoms with van der Waals surface area (Å²) < 4.78 is 5.20. The second-order valence-corrected chi connectivity index (χ2v) is 5.61. The molecule has 2 aromatic rings. The highest BCUT2D eigenvalue weighted by molar-refractivity contribution is 5.81. The van der Waals surface area contributed by atoms with Gasteiger partial charge in [-0.3, -0.25) is 4.79 Å². The summed E-state index contributed by atoms with van der Waals surface area (Å²) in [4.78, 5) is 12.0. The zero-order valence-electron chi connectivity index (χ0n) is 13.2. The molecule has 0 aliphatic rings. The Hall–Kier alpha value is -2.07. The lowest BCUT2D eigenvalue weighted by molar-refractivity contribution is -0.123. The van der Waals surface area contributed by atoms with E-state index in [0.717, 1.165) is 18.6 Å². The number of carbonyl (C=O) groups is 1. The Kier molecular flexibility index (Phi) is 6.22. The number of amides is 1. The summed E-state index contributed by atoms with van der Waals surface area (Å²) in [6, 6.07) is 14.1. The van der Waals surface area contributed by atoms with Gasteiger partial charge >= 0.3 is 0 Å². The predicted molar refractivity (Wildman–Crippen MR) is 87.4 cm³/mol. The Labute approximate surface area is 131 Å². The van der Waals surface area contributed by atoms with Crippen LogP contribution in [0.4, 0.5) is 0 Å². The smallest absolute Gasteiger partial charge is 0.237 e. The fourth-order valence-electron chi connectivity index (χ4n) is 2.35. The molecule has 0 radical (unpaired) electrons. The Morgan fingerprint density at radius 2 is 1.91 bits per heavy atom. The third-order valence-electron chi connectivity index (χ3n) is 3.65. The van der Waals surface area contributed by atoms with Crippen molar-refractivity contribution in [2.24, 2.45) is 0 Å². The van der Waals surface area contributed by atoms with Gasteiger partial charge in [-0.2, -0.15) is 0 Å². The molecule has 1 aromatic carbocycles. The molecule has 2 N–H and O–H groups in total. The molecule has 0 bridgehead atoms. The molecule has 2 unspecified atom stereocenters. The van der Waals surface area contributed by atoms with E-state index in [0.29, 0.717) is 6.54 Å². The maximum Gasteiger partial charge on any atom is 0.237 e. The molecule has 0 aliphatic carbocycles. The summed E-state index contributed by atoms with van der Waals surface area (Å²) in [5.74, 6) is 0.751. The van der Waals surface area contributed by atoms with E-state index in [2.05, 4.69) is 41.8 Å². The largest absolute Gasteiger partial charge is 0.467 e. The third kappa shape index (κ3) is 5.37. The minimum absolute atomic E-state index is 0.0111. The van der Waals surface area contributed by atoms with Gasteiger partial charge in [0.25, 0.3) is 0 Å². The van der Waals surface area contributed by atoms with Crippen molar-refractivity contribution in [2.45, 2.75) is 45.3 Å². The van der Waals surface area contributed by atoms with E-state index in [1.165, 1.54) is 5.56 Å². The molecule has 0 saturated carbocycles. The van der Waals surface area contributed by atoms with Crippen molar-refractivity contribution < 1.29 is 9.21 Å². The topological polar surface area (TPSA) is 54.3 Å². The number of furan rings is 1. The molecule has 0 aliphatic heterocycles. The van der Waals surface area contributed by atoms with Gasteiger partial charge in [0, 0.05) is 6.04 Å². The highest BCUT2D eigenvalue weighted by atomic mass is 16.3. The molecule has 22 heavy (non-hydrogen) atoms. The fourth-order valence-corrected chi connectivity index (χ4v) is 2.35. The van der Waals surface area contributed by atoms with Crippen LogP contribution in [0.15, 0.2) is 53.1 Å². The van der Waals surface area contributed by atoms with Gasteiger partial charge in [0.2, 0.25) is 5.91 Å². The van der Waals surface area contributed by atoms with Crippen molar-refractivity contribution in [3.05, 3.63) is 60.1 Å². The molecule has 1 amide bonds. The van der Waals surface area contributed by atoms with Crippen LogP contribution in [0, 0.1) is 0 Å². The first kappa shape index (κ1) is 16.3. The molecule has 4 heteroatoms. The van der Waals surface area contributed by atoms with E-state index in [-0.39, 0.29) is 18.0 Å². The molecule has 0 spiro atoms. The van der Waals surface area contributed by atoms with Gasteiger partial charge in [0.15, 0.2) is 0 Å². The first-order valence-electron chi connectivity index (χ1n) is 7.75. The van der Waals surface area contributed by atoms with E-state index in [4.69, 9.17) is 4.42 Å². The summed E-state index contributed by atoms with van der Waals surface area (Å²) in [6.45, 7) is 4.42. The van der Waals surface area contributed by atoms with Crippen LogP contribution in [0.5, 0.6) is 0 Å². The van der Waals surface area contributed by atoms with Crippen LogP contribution >= 0.6 is 0 Å². The number of hydrogen-bond donors (Lipinski definition) is 2. The minimum atomic E-state index is -0.222. The number of aryl methyl sites for hydroxylation is 1. The molecule has 1 aromatic heterocycles. The lowest BCUT2D eigenvalue weighted by Crippen LogP contribution is -2.45. The number of hydrogen-bond acceptors (Lipinski definition) is 3. The second kappa shape index (κ2) is 8.39. The van der Waals surface area contributed by atoms with Crippen molar-refractivity contribution in [2.75, 3.05) is 0 Å². The van der Waals surface area contributed by atoms with Gasteiger partial charge in [-0.1, -0.05) is 30.3 Å². The Balaban J connectivity index is 1.68. The lowest BCUT2D eigenvalue weighted by atomic mass is 10.1. The Morgan fingerprint density at radius 1 is 1.14 bits per heavy atom. The van der Waals surface area contributed by atoms with Crippen LogP contribution in [0.3, 0.4) is 0 Å². The van der Waals surface area contributed by atoms with Gasteiger partial charge in [-0.15, -0.1) is 0 Å². The molecule has 4 nitrogen and oxygen atoms in total. The van der Waals surface area contributed by atoms with Crippen LogP contribution in [0.25, 0.3) is 0 Å². The Morgan fingerprint density at radius 3 is 2.59 bits per heavy atom. The monoisotopic (exact) mass is 300 g/mol. The average Bonchev–Trinajstić information content (AvgIpc) is 3.05. The van der Waals surface area contributed by atoms with E-state index in [1.54, 1.807) is 6.26 Å². The van der Waals surface area contributed by atoms with Crippen LogP contribution in [-0.4, -0.2) is 18.0 Å². The van der Waals surface area contributed by atoms with Crippen molar-refractivity contribution in [1.82, 2.24) is 10.6 Å². The number of carbonyl (C=O) groups excluding carboxylic acids is 1. The molecule has 0 fully saturated rings. The molecule has 2 atom stereocenters. The van der Waals surface area contributed by atoms with Gasteiger partial charge in [-0.25, -0.2) is 0 Å². The molecule has 2 rings (SSSR count). The predicted octanol–water partition coefficient (Wildman–Crippen LogP) is 2.90. The van der Waals surface area contributed by atoms with Gasteiger partial charge < -0.3 is 15.1 Å². The van der Waals surface area contributed by atoms with Crippen LogP contribution in [0.1, 0.15) is 31.6 Å². The lowest BCUT2D eigenvalue weighted by Gasteiger charge is -2.19. The van der Waals surface area contributed by atoms with Crippen LogP contribution in [-0.2, 0) is 17.8 Å². The summed E-state index contributed by atoms with van der Waals surface area (Å²) in [5.41, 5.74) is 1.33. The van der Waals surface area contributed by atoms with Gasteiger partial charge in [0.1, 0.15) is 5.76 Å². The SMILES string of the molecule is CC(CCc1ccccc1)NC(C)C(=O)NCc1ccco1. The third-order valence-corrected chi connectivity index (χ3v) is 3.65. The number of nitrogens with one attached hydrogen (secondary N) is 2. The number of rotatable bonds is 8. The normalized spacial score (nSPS) is 13.5. The summed E-state index contributed by atoms with van der Waals surface area (Å²) in [7, 11) is 0. The summed E-state index contributed by atoms with van der Waals surface area (Å²) in [6.07, 6.45) is 3.62. The Bertz CT molecular complexity index is 552. The second-order valence-electron chi connectivity index (χ2n) is 5.61. The maximum atomic E-state index is 12.0. The molecular formula is C18H24N2O2. The highest BCUT2D eigenvalue weighted by Crippen LogP contribution is 2.05. The van der Waals surface area contributed by atoms with Gasteiger partial charge in [-0.05, 0) is 44.4 Å². The molecule has 1 heterocycles. The van der Waals surface area contributed by atoms with Crippen molar-refractivity contribution >= 4 is 5.91 Å². The van der Waals surface area contributed by atoms with E-state index < -0.39 is 0 Å². The van der Waals surface area contributed by atoms with Crippen molar-refractivity contribution in [1.29, 1.82) is 0 Å². The molecule has 118 valence electrons. The zero-order chi connectivity index (χ0) is 15.8. The summed E-state index contributed by atoms with van der Waals surface area (Å²) >= 11 is 0. The van der Waals surface area contributed by atoms with Crippen LogP contribution in [0.2, 0.25) is 0 Å². The van der Waals surface area contributed by atoms with Gasteiger partial charge in [0.05, 0.1) is 18.8 Å². The van der Waals surface area contributed by atoms with E-state index in [9.17, 15) is 4.79 Å². The zero-order valence-corrected chi connectivity index (χ0v) is 13.2. The van der Waals surface area contributed by atoms with Crippen LogP contribution < -0.4 is 10.6 Å². The first-order chi connectivity index (χ1) is 10.6. The highest BCUT2D eigenvalue weighted by Gasteiger charge is 2.15. The van der Waals surface area contributed by atoms with E-state index >= 15 is 0 Å². The maximum absolute atomic E-state index is 12.0. The fraction of sp³-hybridized carbons (Fsp3) is 0.389. The molecular weight excluding hydrogens is 276 g/mol. The number of benzene rings is 1. The van der Waals surface area contributed by atoms with Crippen molar-refractivity contribution in [3.8, 4) is 0 Å². The standard InChI is InChI=1S/C18H24N2O2/c1-14(10-11-16-7-4-3-5-8-16)20-15(2)18(21)19-13-17-9-6-12-22-17/h3-9,12,14-15,20H,10-11,13H2,1-2H3,(H,19,21). The van der Waals surface area contributed by atoms with Crippen molar-refractivity contribution in [3.63, 3.8) is 0 Å². The first-order valence-corrected chi connectivity index (χ1v) is 7.75. The van der Waals surface area contributed by atoms with E-state index in [1.807, 2.05) is 25.1 Å². The quantitative estimate of drug-likeness (QED) is 0.788. The molecule has 0 saturated heterocycles. The average molecular weight is 300 g/mol.